The van der Waals surface area contributed by atoms with Crippen LogP contribution in [0.5, 0.6) is 0 Å². The van der Waals surface area contributed by atoms with E-state index in [2.05, 4.69) is 6.58 Å². The van der Waals surface area contributed by atoms with Crippen LogP contribution in [0.2, 0.25) is 0 Å². The second-order valence-electron chi connectivity index (χ2n) is 2.77. The molecule has 0 spiro atoms. The quantitative estimate of drug-likeness (QED) is 0.504. The van der Waals surface area contributed by atoms with Crippen molar-refractivity contribution in [2.24, 2.45) is 5.73 Å². The normalized spacial score (nSPS) is 9.42. The Bertz CT molecular complexity index is 276. The van der Waals surface area contributed by atoms with Gasteiger partial charge in [0, 0.05) is 5.56 Å². The molecule has 1 aromatic carbocycles. The van der Waals surface area contributed by atoms with E-state index >= 15 is 0 Å². The third kappa shape index (κ3) is 1.72. The van der Waals surface area contributed by atoms with E-state index in [9.17, 15) is 0 Å². The molecule has 12 heavy (non-hydrogen) atoms. The summed E-state index contributed by atoms with van der Waals surface area (Å²) >= 11 is 0. The molecule has 2 nitrogen and oxygen atoms in total. The number of hydrogen-bond acceptors (Lipinski definition) is 1. The van der Waals surface area contributed by atoms with Crippen LogP contribution in [0.4, 0.5) is 0 Å². The molecule has 0 aliphatic rings. The maximum Gasteiger partial charge on any atom is 0.122 e. The van der Waals surface area contributed by atoms with Gasteiger partial charge in [0.05, 0.1) is 0 Å². The van der Waals surface area contributed by atoms with Crippen molar-refractivity contribution in [3.63, 3.8) is 0 Å². The van der Waals surface area contributed by atoms with Crippen molar-refractivity contribution in [1.82, 2.24) is 0 Å². The number of allylic oxidation sites excluding steroid dienone is 1. The third-order valence-corrected chi connectivity index (χ3v) is 1.69. The first-order valence-electron chi connectivity index (χ1n) is 3.71. The molecule has 1 rings (SSSR count). The monoisotopic (exact) mass is 160 g/mol. The number of hydrogen-bond donors (Lipinski definition) is 2. The molecule has 0 fully saturated rings. The van der Waals surface area contributed by atoms with Gasteiger partial charge in [-0.25, -0.2) is 0 Å². The Morgan fingerprint density at radius 1 is 1.25 bits per heavy atom. The summed E-state index contributed by atoms with van der Waals surface area (Å²) in [6.07, 6.45) is 0. The third-order valence-electron chi connectivity index (χ3n) is 1.69. The lowest BCUT2D eigenvalue weighted by atomic mass is 10.1. The summed E-state index contributed by atoms with van der Waals surface area (Å²) in [5.41, 5.74) is 8.15. The van der Waals surface area contributed by atoms with Crippen molar-refractivity contribution >= 4 is 11.4 Å². The Morgan fingerprint density at radius 3 is 2.00 bits per heavy atom. The Morgan fingerprint density at radius 2 is 1.67 bits per heavy atom. The molecule has 0 aliphatic carbocycles. The summed E-state index contributed by atoms with van der Waals surface area (Å²) in [5.74, 6) is 0.100. The minimum absolute atomic E-state index is 0.100. The second-order valence-corrected chi connectivity index (χ2v) is 2.77. The number of amidine groups is 1. The zero-order valence-electron chi connectivity index (χ0n) is 7.09. The predicted octanol–water partition coefficient (Wildman–Crippen LogP) is 2.00. The van der Waals surface area contributed by atoms with Crippen LogP contribution in [0.15, 0.2) is 30.8 Å². The van der Waals surface area contributed by atoms with Crippen molar-refractivity contribution in [3.8, 4) is 0 Å². The molecule has 0 aliphatic heterocycles. The van der Waals surface area contributed by atoms with Gasteiger partial charge in [0.2, 0.25) is 0 Å². The molecule has 0 saturated heterocycles. The van der Waals surface area contributed by atoms with Gasteiger partial charge >= 0.3 is 0 Å². The molecule has 0 unspecified atom stereocenters. The molecule has 0 amide bonds. The molecule has 0 heterocycles. The first-order valence-corrected chi connectivity index (χ1v) is 3.71. The van der Waals surface area contributed by atoms with Crippen LogP contribution < -0.4 is 5.73 Å². The van der Waals surface area contributed by atoms with Crippen LogP contribution in [0.1, 0.15) is 18.1 Å². The van der Waals surface area contributed by atoms with Gasteiger partial charge in [-0.15, -0.1) is 0 Å². The van der Waals surface area contributed by atoms with Crippen LogP contribution in [0.25, 0.3) is 5.57 Å². The van der Waals surface area contributed by atoms with E-state index in [0.717, 1.165) is 16.7 Å². The molecule has 0 saturated carbocycles. The number of benzene rings is 1. The number of nitrogen functional groups attached to an aromatic ring is 1. The van der Waals surface area contributed by atoms with Gasteiger partial charge in [-0.3, -0.25) is 5.41 Å². The Labute approximate surface area is 72.2 Å². The molecular weight excluding hydrogens is 148 g/mol. The number of rotatable bonds is 2. The molecule has 0 aromatic heterocycles. The Hall–Kier alpha value is -1.57. The first kappa shape index (κ1) is 8.53. The Kier molecular flexibility index (Phi) is 2.29. The summed E-state index contributed by atoms with van der Waals surface area (Å²) in [5, 5.41) is 7.17. The first-order chi connectivity index (χ1) is 5.61. The highest BCUT2D eigenvalue weighted by atomic mass is 14.7. The minimum Gasteiger partial charge on any atom is -0.384 e. The standard InChI is InChI=1S/C10H12N2/c1-7(2)8-3-5-9(6-4-8)10(11)12/h3-6H,1H2,2H3,(H3,11,12). The van der Waals surface area contributed by atoms with Gasteiger partial charge in [0.1, 0.15) is 5.84 Å². The zero-order valence-corrected chi connectivity index (χ0v) is 7.09. The molecule has 2 heteroatoms. The fourth-order valence-corrected chi connectivity index (χ4v) is 0.934. The fourth-order valence-electron chi connectivity index (χ4n) is 0.934. The van der Waals surface area contributed by atoms with Gasteiger partial charge in [-0.2, -0.15) is 0 Å². The zero-order chi connectivity index (χ0) is 9.14. The van der Waals surface area contributed by atoms with Crippen LogP contribution in [0.3, 0.4) is 0 Å². The van der Waals surface area contributed by atoms with E-state index in [-0.39, 0.29) is 5.84 Å². The van der Waals surface area contributed by atoms with E-state index in [1.165, 1.54) is 0 Å². The maximum absolute atomic E-state index is 7.17. The van der Waals surface area contributed by atoms with Crippen molar-refractivity contribution in [2.45, 2.75) is 6.92 Å². The van der Waals surface area contributed by atoms with Crippen molar-refractivity contribution in [2.75, 3.05) is 0 Å². The van der Waals surface area contributed by atoms with Gasteiger partial charge in [-0.05, 0) is 12.5 Å². The summed E-state index contributed by atoms with van der Waals surface area (Å²) in [4.78, 5) is 0. The van der Waals surface area contributed by atoms with E-state index in [1.807, 2.05) is 31.2 Å². The SMILES string of the molecule is C=C(C)c1ccc(C(=N)N)cc1. The average Bonchev–Trinajstić information content (AvgIpc) is 2.04. The molecular formula is C10H12N2. The topological polar surface area (TPSA) is 49.9 Å². The smallest absolute Gasteiger partial charge is 0.122 e. The largest absolute Gasteiger partial charge is 0.384 e. The molecule has 62 valence electrons. The van der Waals surface area contributed by atoms with E-state index in [4.69, 9.17) is 11.1 Å². The van der Waals surface area contributed by atoms with Gasteiger partial charge in [0.25, 0.3) is 0 Å². The highest BCUT2D eigenvalue weighted by Crippen LogP contribution is 2.11. The van der Waals surface area contributed by atoms with Crippen LogP contribution in [0, 0.1) is 5.41 Å². The van der Waals surface area contributed by atoms with Gasteiger partial charge in [-0.1, -0.05) is 36.4 Å². The molecule has 3 N–H and O–H groups in total. The van der Waals surface area contributed by atoms with E-state index in [0.29, 0.717) is 0 Å². The van der Waals surface area contributed by atoms with Crippen molar-refractivity contribution in [3.05, 3.63) is 42.0 Å². The van der Waals surface area contributed by atoms with Gasteiger partial charge < -0.3 is 5.73 Å². The molecule has 0 bridgehead atoms. The highest BCUT2D eigenvalue weighted by molar-refractivity contribution is 5.95. The molecule has 0 atom stereocenters. The van der Waals surface area contributed by atoms with Gasteiger partial charge in [0.15, 0.2) is 0 Å². The maximum atomic E-state index is 7.17. The van der Waals surface area contributed by atoms with Crippen molar-refractivity contribution in [1.29, 1.82) is 5.41 Å². The lowest BCUT2D eigenvalue weighted by Crippen LogP contribution is -2.10. The summed E-state index contributed by atoms with van der Waals surface area (Å²) in [6, 6.07) is 7.48. The lowest BCUT2D eigenvalue weighted by Gasteiger charge is -2.01. The summed E-state index contributed by atoms with van der Waals surface area (Å²) in [7, 11) is 0. The fraction of sp³-hybridized carbons (Fsp3) is 0.100. The Balaban J connectivity index is 3.01. The van der Waals surface area contributed by atoms with Crippen molar-refractivity contribution < 1.29 is 0 Å². The summed E-state index contributed by atoms with van der Waals surface area (Å²) in [6.45, 7) is 5.76. The molecule has 0 radical (unpaired) electrons. The van der Waals surface area contributed by atoms with Crippen LogP contribution >= 0.6 is 0 Å². The van der Waals surface area contributed by atoms with E-state index in [1.54, 1.807) is 0 Å². The lowest BCUT2D eigenvalue weighted by molar-refractivity contribution is 1.42. The number of nitrogens with two attached hydrogens (primary N) is 1. The number of nitrogens with one attached hydrogen (secondary N) is 1. The molecule has 1 aromatic rings. The van der Waals surface area contributed by atoms with Crippen LogP contribution in [-0.4, -0.2) is 5.84 Å². The second kappa shape index (κ2) is 3.22. The van der Waals surface area contributed by atoms with E-state index < -0.39 is 0 Å². The predicted molar refractivity (Wildman–Crippen MR) is 52.2 cm³/mol. The highest BCUT2D eigenvalue weighted by Gasteiger charge is 1.96. The minimum atomic E-state index is 0.100. The average molecular weight is 160 g/mol. The van der Waals surface area contributed by atoms with Crippen LogP contribution in [-0.2, 0) is 0 Å². The summed E-state index contributed by atoms with van der Waals surface area (Å²) < 4.78 is 0.